The summed E-state index contributed by atoms with van der Waals surface area (Å²) in [5, 5.41) is 2.76. The number of carbonyl (C=O) groups is 2. The Hall–Kier alpha value is -2.37. The molecule has 1 aromatic rings. The van der Waals surface area contributed by atoms with Gasteiger partial charge in [0.2, 0.25) is 21.8 Å². The highest BCUT2D eigenvalue weighted by Crippen LogP contribution is 2.33. The summed E-state index contributed by atoms with van der Waals surface area (Å²) in [6.07, 6.45) is 2.25. The third-order valence-electron chi connectivity index (χ3n) is 5.76. The molecule has 0 aromatic heterocycles. The van der Waals surface area contributed by atoms with Gasteiger partial charge in [0.1, 0.15) is 0 Å². The summed E-state index contributed by atoms with van der Waals surface area (Å²) in [7, 11) is -0.518. The Kier molecular flexibility index (Phi) is 8.93. The van der Waals surface area contributed by atoms with E-state index in [4.69, 9.17) is 14.2 Å². The number of nitrogens with one attached hydrogen (secondary N) is 1. The van der Waals surface area contributed by atoms with Gasteiger partial charge in [-0.3, -0.25) is 9.59 Å². The smallest absolute Gasteiger partial charge is 0.243 e. The van der Waals surface area contributed by atoms with E-state index in [0.717, 1.165) is 6.42 Å². The monoisotopic (exact) mass is 483 g/mol. The molecule has 0 radical (unpaired) electrons. The van der Waals surface area contributed by atoms with Crippen molar-refractivity contribution in [3.63, 3.8) is 0 Å². The second-order valence-corrected chi connectivity index (χ2v) is 10.2. The first-order valence-corrected chi connectivity index (χ1v) is 12.7. The lowest BCUT2D eigenvalue weighted by atomic mass is 9.96. The van der Waals surface area contributed by atoms with Crippen LogP contribution in [0, 0.1) is 5.92 Å². The molecule has 1 N–H and O–H groups in total. The van der Waals surface area contributed by atoms with Crippen LogP contribution in [0.2, 0.25) is 0 Å². The summed E-state index contributed by atoms with van der Waals surface area (Å²) < 4.78 is 43.8. The molecule has 2 aliphatic heterocycles. The Morgan fingerprint density at radius 2 is 1.88 bits per heavy atom. The minimum Gasteiger partial charge on any atom is -0.490 e. The molecule has 0 unspecified atom stereocenters. The maximum absolute atomic E-state index is 13.1. The zero-order valence-corrected chi connectivity index (χ0v) is 20.1. The van der Waals surface area contributed by atoms with Gasteiger partial charge < -0.3 is 24.4 Å². The molecule has 3 rings (SSSR count). The van der Waals surface area contributed by atoms with Crippen molar-refractivity contribution >= 4 is 21.8 Å². The molecule has 2 heterocycles. The second-order valence-electron chi connectivity index (χ2n) is 8.23. The molecule has 0 spiro atoms. The molecule has 1 saturated heterocycles. The van der Waals surface area contributed by atoms with Crippen molar-refractivity contribution in [1.29, 1.82) is 0 Å². The minimum absolute atomic E-state index is 0.0263. The van der Waals surface area contributed by atoms with E-state index in [2.05, 4.69) is 5.32 Å². The van der Waals surface area contributed by atoms with E-state index in [9.17, 15) is 18.0 Å². The van der Waals surface area contributed by atoms with E-state index in [-0.39, 0.29) is 42.3 Å². The highest BCUT2D eigenvalue weighted by Gasteiger charge is 2.34. The van der Waals surface area contributed by atoms with Gasteiger partial charge in [-0.15, -0.1) is 0 Å². The number of amides is 2. The van der Waals surface area contributed by atoms with Crippen molar-refractivity contribution < 1.29 is 32.2 Å². The molecule has 10 nitrogen and oxygen atoms in total. The van der Waals surface area contributed by atoms with Crippen LogP contribution in [0.5, 0.6) is 11.5 Å². The van der Waals surface area contributed by atoms with Crippen LogP contribution in [0.15, 0.2) is 23.1 Å². The number of carbonyl (C=O) groups excluding carboxylic acids is 2. The maximum Gasteiger partial charge on any atom is 0.243 e. The van der Waals surface area contributed by atoms with Gasteiger partial charge in [-0.05, 0) is 31.4 Å². The number of rotatable bonds is 9. The third kappa shape index (κ3) is 6.58. The van der Waals surface area contributed by atoms with Crippen molar-refractivity contribution in [3.05, 3.63) is 18.2 Å². The summed E-state index contributed by atoms with van der Waals surface area (Å²) >= 11 is 0. The van der Waals surface area contributed by atoms with E-state index in [1.807, 2.05) is 0 Å². The largest absolute Gasteiger partial charge is 0.490 e. The van der Waals surface area contributed by atoms with Crippen molar-refractivity contribution in [2.24, 2.45) is 5.92 Å². The number of piperidine rings is 1. The van der Waals surface area contributed by atoms with Gasteiger partial charge in [-0.25, -0.2) is 8.42 Å². The lowest BCUT2D eigenvalue weighted by molar-refractivity contribution is -0.139. The molecular weight excluding hydrogens is 450 g/mol. The fraction of sp³-hybridized carbons (Fsp3) is 0.636. The zero-order valence-electron chi connectivity index (χ0n) is 19.2. The normalized spacial score (nSPS) is 17.3. The van der Waals surface area contributed by atoms with Crippen LogP contribution in [0.1, 0.15) is 25.7 Å². The van der Waals surface area contributed by atoms with Crippen molar-refractivity contribution in [3.8, 4) is 11.5 Å². The Balaban J connectivity index is 1.53. The lowest BCUT2D eigenvalue weighted by Gasteiger charge is -2.32. The molecule has 0 bridgehead atoms. The van der Waals surface area contributed by atoms with Gasteiger partial charge in [0.15, 0.2) is 11.5 Å². The molecule has 2 amide bonds. The summed E-state index contributed by atoms with van der Waals surface area (Å²) in [5.41, 5.74) is 0. The number of ether oxygens (including phenoxy) is 3. The fourth-order valence-electron chi connectivity index (χ4n) is 3.90. The van der Waals surface area contributed by atoms with Gasteiger partial charge >= 0.3 is 0 Å². The number of benzene rings is 1. The molecule has 184 valence electrons. The number of sulfonamides is 1. The van der Waals surface area contributed by atoms with Crippen LogP contribution in [-0.4, -0.2) is 89.6 Å². The van der Waals surface area contributed by atoms with Crippen molar-refractivity contribution in [1.82, 2.24) is 14.5 Å². The Bertz CT molecular complexity index is 930. The van der Waals surface area contributed by atoms with Crippen molar-refractivity contribution in [2.75, 3.05) is 60.2 Å². The second kappa shape index (κ2) is 11.7. The molecule has 33 heavy (non-hydrogen) atoms. The van der Waals surface area contributed by atoms with Gasteiger partial charge in [0.05, 0.1) is 24.7 Å². The predicted molar refractivity (Wildman–Crippen MR) is 121 cm³/mol. The maximum atomic E-state index is 13.1. The highest BCUT2D eigenvalue weighted by atomic mass is 32.2. The van der Waals surface area contributed by atoms with Crippen molar-refractivity contribution in [2.45, 2.75) is 30.6 Å². The average Bonchev–Trinajstić information content (AvgIpc) is 3.06. The molecule has 1 aromatic carbocycles. The number of nitrogens with zero attached hydrogens (tertiary/aromatic N) is 2. The lowest BCUT2D eigenvalue weighted by Crippen LogP contribution is -2.45. The third-order valence-corrected chi connectivity index (χ3v) is 7.66. The van der Waals surface area contributed by atoms with Crippen LogP contribution in [0.4, 0.5) is 0 Å². The van der Waals surface area contributed by atoms with Gasteiger partial charge in [-0.2, -0.15) is 4.31 Å². The topological polar surface area (TPSA) is 114 Å². The van der Waals surface area contributed by atoms with Crippen LogP contribution >= 0.6 is 0 Å². The predicted octanol–water partition coefficient (Wildman–Crippen LogP) is 0.860. The zero-order chi connectivity index (χ0) is 23.8. The number of likely N-dealkylation sites (N-methyl/N-ethyl adjacent to an activating group) is 1. The van der Waals surface area contributed by atoms with E-state index < -0.39 is 10.0 Å². The Morgan fingerprint density at radius 3 is 2.58 bits per heavy atom. The van der Waals surface area contributed by atoms with Gasteiger partial charge in [0, 0.05) is 58.8 Å². The first kappa shape index (κ1) is 25.3. The number of methoxy groups -OCH3 is 1. The van der Waals surface area contributed by atoms with Gasteiger partial charge in [-0.1, -0.05) is 0 Å². The fourth-order valence-corrected chi connectivity index (χ4v) is 5.39. The first-order valence-electron chi connectivity index (χ1n) is 11.2. The highest BCUT2D eigenvalue weighted by molar-refractivity contribution is 7.89. The summed E-state index contributed by atoms with van der Waals surface area (Å²) in [4.78, 5) is 26.3. The molecule has 0 saturated carbocycles. The van der Waals surface area contributed by atoms with E-state index >= 15 is 0 Å². The first-order chi connectivity index (χ1) is 15.8. The van der Waals surface area contributed by atoms with Crippen LogP contribution in [0.25, 0.3) is 0 Å². The minimum atomic E-state index is -3.71. The molecule has 0 aliphatic carbocycles. The molecule has 2 aliphatic rings. The molecule has 11 heteroatoms. The van der Waals surface area contributed by atoms with Crippen LogP contribution < -0.4 is 14.8 Å². The molecular formula is C22H33N3O7S. The average molecular weight is 484 g/mol. The van der Waals surface area contributed by atoms with Gasteiger partial charge in [0.25, 0.3) is 0 Å². The quantitative estimate of drug-likeness (QED) is 0.518. The van der Waals surface area contributed by atoms with E-state index in [1.54, 1.807) is 20.2 Å². The summed E-state index contributed by atoms with van der Waals surface area (Å²) in [6.45, 7) is 2.51. The number of hydrogen-bond acceptors (Lipinski definition) is 7. The molecule has 1 fully saturated rings. The Labute approximate surface area is 195 Å². The van der Waals surface area contributed by atoms with Crippen LogP contribution in [0.3, 0.4) is 0 Å². The number of fused-ring (bicyclic) bond motifs is 1. The van der Waals surface area contributed by atoms with E-state index in [0.29, 0.717) is 57.1 Å². The SMILES string of the molecule is COCCCNC(=O)CN(C)C(=O)C1CCN(S(=O)(=O)c2ccc3c(c2)OCCCO3)CC1. The summed E-state index contributed by atoms with van der Waals surface area (Å²) in [5.74, 6) is 0.292. The van der Waals surface area contributed by atoms with E-state index in [1.165, 1.54) is 21.3 Å². The van der Waals surface area contributed by atoms with Crippen LogP contribution in [-0.2, 0) is 24.3 Å². The Morgan fingerprint density at radius 1 is 1.18 bits per heavy atom. The molecule has 0 atom stereocenters. The summed E-state index contributed by atoms with van der Waals surface area (Å²) in [6, 6.07) is 4.66. The standard InChI is InChI=1S/C22H33N3O7S/c1-24(16-21(26)23-9-3-12-30-2)22(27)17-7-10-25(11-8-17)33(28,29)18-5-6-19-20(15-18)32-14-4-13-31-19/h5-6,15,17H,3-4,7-14,16H2,1-2H3,(H,23,26). The number of hydrogen-bond donors (Lipinski definition) is 1.